The second-order valence-corrected chi connectivity index (χ2v) is 6.29. The summed E-state index contributed by atoms with van der Waals surface area (Å²) < 4.78 is 26.6. The molecule has 2 aromatic rings. The highest BCUT2D eigenvalue weighted by molar-refractivity contribution is 5.94. The van der Waals surface area contributed by atoms with Crippen molar-refractivity contribution >= 4 is 5.91 Å². The molecule has 0 spiro atoms. The summed E-state index contributed by atoms with van der Waals surface area (Å²) in [5, 5.41) is 0. The molecule has 0 saturated carbocycles. The second kappa shape index (κ2) is 7.09. The van der Waals surface area contributed by atoms with Crippen LogP contribution in [0.3, 0.4) is 0 Å². The van der Waals surface area contributed by atoms with Gasteiger partial charge in [0.1, 0.15) is 11.6 Å². The molecule has 24 heavy (non-hydrogen) atoms. The van der Waals surface area contributed by atoms with Gasteiger partial charge in [0.2, 0.25) is 0 Å². The lowest BCUT2D eigenvalue weighted by Crippen LogP contribution is -2.29. The number of nitrogens with two attached hydrogens (primary N) is 1. The number of benzene rings is 2. The van der Waals surface area contributed by atoms with E-state index in [0.29, 0.717) is 37.2 Å². The molecular formula is C19H20F2N2O. The number of likely N-dealkylation sites (tertiary alicyclic amines) is 1. The van der Waals surface area contributed by atoms with Crippen molar-refractivity contribution in [1.82, 2.24) is 4.90 Å². The molecule has 0 aromatic heterocycles. The number of rotatable bonds is 4. The van der Waals surface area contributed by atoms with Crippen molar-refractivity contribution in [3.8, 4) is 0 Å². The van der Waals surface area contributed by atoms with Crippen LogP contribution in [0.1, 0.15) is 27.9 Å². The Morgan fingerprint density at radius 2 is 1.88 bits per heavy atom. The molecule has 1 amide bonds. The lowest BCUT2D eigenvalue weighted by Gasteiger charge is -2.17. The van der Waals surface area contributed by atoms with Crippen LogP contribution in [0.5, 0.6) is 0 Å². The first-order valence-corrected chi connectivity index (χ1v) is 8.08. The van der Waals surface area contributed by atoms with E-state index in [0.717, 1.165) is 18.1 Å². The Balaban J connectivity index is 1.65. The molecule has 1 heterocycles. The summed E-state index contributed by atoms with van der Waals surface area (Å²) in [6.45, 7) is 1.66. The Morgan fingerprint density at radius 1 is 1.12 bits per heavy atom. The number of carbonyl (C=O) groups excluding carboxylic acids is 1. The van der Waals surface area contributed by atoms with Gasteiger partial charge in [-0.15, -0.1) is 0 Å². The van der Waals surface area contributed by atoms with E-state index in [9.17, 15) is 13.6 Å². The summed E-state index contributed by atoms with van der Waals surface area (Å²) in [6, 6.07) is 10.9. The van der Waals surface area contributed by atoms with Crippen LogP contribution < -0.4 is 5.73 Å². The Bertz CT molecular complexity index is 728. The highest BCUT2D eigenvalue weighted by atomic mass is 19.1. The number of carbonyl (C=O) groups is 1. The molecular weight excluding hydrogens is 310 g/mol. The number of hydrogen-bond acceptors (Lipinski definition) is 2. The molecule has 5 heteroatoms. The summed E-state index contributed by atoms with van der Waals surface area (Å²) >= 11 is 0. The molecule has 0 radical (unpaired) electrons. The molecule has 126 valence electrons. The van der Waals surface area contributed by atoms with Gasteiger partial charge >= 0.3 is 0 Å². The number of hydrogen-bond donors (Lipinski definition) is 1. The smallest absolute Gasteiger partial charge is 0.253 e. The van der Waals surface area contributed by atoms with Gasteiger partial charge in [0, 0.05) is 31.3 Å². The zero-order valence-corrected chi connectivity index (χ0v) is 13.3. The molecule has 1 unspecified atom stereocenters. The molecule has 1 aliphatic heterocycles. The first-order chi connectivity index (χ1) is 11.5. The van der Waals surface area contributed by atoms with Crippen molar-refractivity contribution in [2.24, 2.45) is 11.7 Å². The zero-order valence-electron chi connectivity index (χ0n) is 13.3. The minimum absolute atomic E-state index is 0.0155. The van der Waals surface area contributed by atoms with Crippen molar-refractivity contribution < 1.29 is 13.6 Å². The lowest BCUT2D eigenvalue weighted by molar-refractivity contribution is 0.0787. The van der Waals surface area contributed by atoms with Crippen LogP contribution in [0.2, 0.25) is 0 Å². The van der Waals surface area contributed by atoms with Gasteiger partial charge in [-0.1, -0.05) is 12.1 Å². The van der Waals surface area contributed by atoms with E-state index in [1.807, 2.05) is 18.2 Å². The van der Waals surface area contributed by atoms with Gasteiger partial charge in [-0.2, -0.15) is 0 Å². The normalized spacial score (nSPS) is 17.3. The molecule has 1 atom stereocenters. The van der Waals surface area contributed by atoms with E-state index in [4.69, 9.17) is 5.73 Å². The van der Waals surface area contributed by atoms with Gasteiger partial charge in [0.25, 0.3) is 5.91 Å². The minimum Gasteiger partial charge on any atom is -0.338 e. The minimum atomic E-state index is -0.561. The third-order valence-electron chi connectivity index (χ3n) is 4.43. The van der Waals surface area contributed by atoms with Gasteiger partial charge in [-0.25, -0.2) is 8.78 Å². The van der Waals surface area contributed by atoms with Gasteiger partial charge in [-0.3, -0.25) is 4.79 Å². The third kappa shape index (κ3) is 3.79. The summed E-state index contributed by atoms with van der Waals surface area (Å²) in [7, 11) is 0. The quantitative estimate of drug-likeness (QED) is 0.936. The van der Waals surface area contributed by atoms with E-state index in [-0.39, 0.29) is 11.8 Å². The van der Waals surface area contributed by atoms with Crippen LogP contribution in [-0.2, 0) is 13.0 Å². The van der Waals surface area contributed by atoms with Gasteiger partial charge in [0.15, 0.2) is 0 Å². The van der Waals surface area contributed by atoms with Crippen LogP contribution in [0.15, 0.2) is 42.5 Å². The van der Waals surface area contributed by atoms with Gasteiger partial charge in [0.05, 0.1) is 0 Å². The summed E-state index contributed by atoms with van der Waals surface area (Å²) in [5.41, 5.74) is 7.81. The summed E-state index contributed by atoms with van der Waals surface area (Å²) in [4.78, 5) is 14.4. The predicted molar refractivity (Wildman–Crippen MR) is 88.4 cm³/mol. The maximum atomic E-state index is 13.3. The van der Waals surface area contributed by atoms with Crippen molar-refractivity contribution in [1.29, 1.82) is 0 Å². The maximum Gasteiger partial charge on any atom is 0.253 e. The Labute approximate surface area is 140 Å². The molecule has 3 nitrogen and oxygen atoms in total. The first-order valence-electron chi connectivity index (χ1n) is 8.08. The fourth-order valence-corrected chi connectivity index (χ4v) is 3.26. The molecule has 1 saturated heterocycles. The standard InChI is InChI=1S/C19H20F2N2O/c20-17-8-15(9-18(21)10-17)6-14-4-5-23(12-14)19(24)16-3-1-2-13(7-16)11-22/h1-3,7-10,14H,4-6,11-12,22H2. The molecule has 2 N–H and O–H groups in total. The van der Waals surface area contributed by atoms with Crippen LogP contribution in [0.4, 0.5) is 8.78 Å². The Kier molecular flexibility index (Phi) is 4.90. The van der Waals surface area contributed by atoms with Gasteiger partial charge in [-0.05, 0) is 54.2 Å². The number of halogens is 2. The number of amides is 1. The Hall–Kier alpha value is -2.27. The van der Waals surface area contributed by atoms with E-state index >= 15 is 0 Å². The van der Waals surface area contributed by atoms with Crippen LogP contribution >= 0.6 is 0 Å². The fraction of sp³-hybridized carbons (Fsp3) is 0.316. The SMILES string of the molecule is NCc1cccc(C(=O)N2CCC(Cc3cc(F)cc(F)c3)C2)c1. The van der Waals surface area contributed by atoms with Crippen LogP contribution in [0, 0.1) is 17.6 Å². The van der Waals surface area contributed by atoms with Crippen molar-refractivity contribution in [2.45, 2.75) is 19.4 Å². The second-order valence-electron chi connectivity index (χ2n) is 6.29. The summed E-state index contributed by atoms with van der Waals surface area (Å²) in [5.74, 6) is -0.921. The maximum absolute atomic E-state index is 13.3. The van der Waals surface area contributed by atoms with Gasteiger partial charge < -0.3 is 10.6 Å². The summed E-state index contributed by atoms with van der Waals surface area (Å²) in [6.07, 6.45) is 1.40. The monoisotopic (exact) mass is 330 g/mol. The van der Waals surface area contributed by atoms with Crippen molar-refractivity contribution in [2.75, 3.05) is 13.1 Å². The van der Waals surface area contributed by atoms with E-state index < -0.39 is 11.6 Å². The average Bonchev–Trinajstić information content (AvgIpc) is 3.01. The topological polar surface area (TPSA) is 46.3 Å². The van der Waals surface area contributed by atoms with E-state index in [2.05, 4.69) is 0 Å². The molecule has 1 fully saturated rings. The Morgan fingerprint density at radius 3 is 2.58 bits per heavy atom. The molecule has 3 rings (SSSR count). The van der Waals surface area contributed by atoms with Crippen LogP contribution in [-0.4, -0.2) is 23.9 Å². The average molecular weight is 330 g/mol. The fourth-order valence-electron chi connectivity index (χ4n) is 3.26. The van der Waals surface area contributed by atoms with Crippen molar-refractivity contribution in [3.63, 3.8) is 0 Å². The molecule has 2 aromatic carbocycles. The highest BCUT2D eigenvalue weighted by Crippen LogP contribution is 2.23. The zero-order chi connectivity index (χ0) is 17.1. The lowest BCUT2D eigenvalue weighted by atomic mass is 9.98. The van der Waals surface area contributed by atoms with Crippen molar-refractivity contribution in [3.05, 3.63) is 70.8 Å². The van der Waals surface area contributed by atoms with E-state index in [1.54, 1.807) is 11.0 Å². The number of nitrogens with zero attached hydrogens (tertiary/aromatic N) is 1. The molecule has 0 aliphatic carbocycles. The first kappa shape index (κ1) is 16.6. The molecule has 1 aliphatic rings. The largest absolute Gasteiger partial charge is 0.338 e. The van der Waals surface area contributed by atoms with E-state index in [1.165, 1.54) is 12.1 Å². The van der Waals surface area contributed by atoms with Crippen LogP contribution in [0.25, 0.3) is 0 Å². The molecule has 0 bridgehead atoms. The third-order valence-corrected chi connectivity index (χ3v) is 4.43. The highest BCUT2D eigenvalue weighted by Gasteiger charge is 2.27. The predicted octanol–water partition coefficient (Wildman–Crippen LogP) is 3.13.